The number of aliphatic hydroxyl groups is 1. The first kappa shape index (κ1) is 35.4. The van der Waals surface area contributed by atoms with Crippen molar-refractivity contribution in [2.75, 3.05) is 13.2 Å². The zero-order valence-corrected chi connectivity index (χ0v) is 27.6. The van der Waals surface area contributed by atoms with Gasteiger partial charge in [-0.2, -0.15) is 13.2 Å². The first-order chi connectivity index (χ1) is 23.7. The number of hydrogen-bond acceptors (Lipinski definition) is 7. The molecule has 0 aromatic heterocycles. The van der Waals surface area contributed by atoms with Crippen LogP contribution in [0.5, 0.6) is 5.75 Å². The van der Waals surface area contributed by atoms with Gasteiger partial charge in [0.1, 0.15) is 5.75 Å². The summed E-state index contributed by atoms with van der Waals surface area (Å²) in [6.07, 6.45) is -5.14. The molecule has 0 saturated heterocycles. The molecule has 3 N–H and O–H groups in total. The third-order valence-corrected chi connectivity index (χ3v) is 8.67. The van der Waals surface area contributed by atoms with E-state index in [-0.39, 0.29) is 37.6 Å². The van der Waals surface area contributed by atoms with Crippen molar-refractivity contribution < 1.29 is 32.5 Å². The average Bonchev–Trinajstić information content (AvgIpc) is 3.49. The lowest BCUT2D eigenvalue weighted by atomic mass is 9.80. The number of ether oxygens (including phenoxy) is 2. The second-order valence-electron chi connectivity index (χ2n) is 11.1. The molecule has 0 aliphatic carbocycles. The molecule has 0 bridgehead atoms. The average molecular weight is 738 g/mol. The number of carbonyl (C=O) groups excluding carboxylic acids is 1. The second kappa shape index (κ2) is 16.0. The number of amides is 1. The summed E-state index contributed by atoms with van der Waals surface area (Å²) >= 11 is 3.58. The van der Waals surface area contributed by atoms with Crippen LogP contribution in [0.3, 0.4) is 0 Å². The first-order valence-electron chi connectivity index (χ1n) is 15.3. The Balaban J connectivity index is 1.57. The third kappa shape index (κ3) is 8.41. The minimum absolute atomic E-state index is 0.00333. The van der Waals surface area contributed by atoms with Crippen LogP contribution in [-0.2, 0) is 35.2 Å². The van der Waals surface area contributed by atoms with Gasteiger partial charge in [0, 0.05) is 40.9 Å². The van der Waals surface area contributed by atoms with Gasteiger partial charge in [-0.1, -0.05) is 81.7 Å². The Kier molecular flexibility index (Phi) is 11.6. The second-order valence-corrected chi connectivity index (χ2v) is 12.0. The van der Waals surface area contributed by atoms with E-state index in [1.807, 2.05) is 24.3 Å². The molecule has 4 aromatic carbocycles. The van der Waals surface area contributed by atoms with Gasteiger partial charge in [0.05, 0.1) is 18.7 Å². The van der Waals surface area contributed by atoms with Gasteiger partial charge in [-0.3, -0.25) is 10.2 Å². The minimum atomic E-state index is -4.58. The Bertz CT molecular complexity index is 1850. The van der Waals surface area contributed by atoms with Crippen molar-refractivity contribution >= 4 is 27.7 Å². The van der Waals surface area contributed by atoms with Crippen LogP contribution in [0.2, 0.25) is 0 Å². The number of aliphatic imine (C=N–C) groups is 1. The van der Waals surface area contributed by atoms with Gasteiger partial charge in [0.2, 0.25) is 5.90 Å². The molecule has 1 heterocycles. The number of alkyl halides is 3. The highest BCUT2D eigenvalue weighted by molar-refractivity contribution is 9.10. The number of aliphatic hydroxyl groups excluding tert-OH is 1. The van der Waals surface area contributed by atoms with Crippen LogP contribution in [0.15, 0.2) is 112 Å². The molecule has 1 amide bonds. The number of halogens is 4. The number of nitrogens with zero attached hydrogens (tertiary/aromatic N) is 4. The molecule has 10 nitrogen and oxygen atoms in total. The molecule has 0 radical (unpaired) electrons. The van der Waals surface area contributed by atoms with Crippen molar-refractivity contribution in [2.24, 2.45) is 10.1 Å². The zero-order chi connectivity index (χ0) is 34.9. The van der Waals surface area contributed by atoms with Gasteiger partial charge in [0.15, 0.2) is 11.6 Å². The minimum Gasteiger partial charge on any atom is -0.494 e. The van der Waals surface area contributed by atoms with E-state index in [0.717, 1.165) is 11.6 Å². The topological polar surface area (TPSA) is 141 Å². The quantitative estimate of drug-likeness (QED) is 0.0408. The van der Waals surface area contributed by atoms with Gasteiger partial charge < -0.3 is 14.6 Å². The van der Waals surface area contributed by atoms with Gasteiger partial charge in [-0.05, 0) is 64.2 Å². The van der Waals surface area contributed by atoms with Gasteiger partial charge in [-0.25, -0.2) is 10.4 Å². The van der Waals surface area contributed by atoms with E-state index in [1.54, 1.807) is 48.5 Å². The fourth-order valence-electron chi connectivity index (χ4n) is 5.51. The fourth-order valence-corrected chi connectivity index (χ4v) is 5.94. The highest BCUT2D eigenvalue weighted by Crippen LogP contribution is 2.44. The van der Waals surface area contributed by atoms with E-state index < -0.39 is 29.3 Å². The molecule has 2 atom stereocenters. The number of rotatable bonds is 14. The molecule has 1 aliphatic heterocycles. The van der Waals surface area contributed by atoms with Crippen molar-refractivity contribution in [2.45, 2.75) is 43.8 Å². The van der Waals surface area contributed by atoms with Crippen LogP contribution in [0, 0.1) is 0 Å². The molecule has 49 heavy (non-hydrogen) atoms. The Hall–Kier alpha value is -4.88. The van der Waals surface area contributed by atoms with Crippen molar-refractivity contribution in [3.05, 3.63) is 145 Å². The van der Waals surface area contributed by atoms with E-state index in [4.69, 9.17) is 25.1 Å². The number of benzene rings is 4. The van der Waals surface area contributed by atoms with Crippen molar-refractivity contribution in [1.82, 2.24) is 10.9 Å². The lowest BCUT2D eigenvalue weighted by molar-refractivity contribution is -0.138. The summed E-state index contributed by atoms with van der Waals surface area (Å²) in [6.45, 7) is -0.0234. The Morgan fingerprint density at radius 3 is 2.37 bits per heavy atom. The molecule has 254 valence electrons. The van der Waals surface area contributed by atoms with Gasteiger partial charge in [0.25, 0.3) is 5.91 Å². The number of carbonyl (C=O) groups is 1. The maximum Gasteiger partial charge on any atom is 0.416 e. The van der Waals surface area contributed by atoms with E-state index in [1.165, 1.54) is 18.2 Å². The molecule has 4 aromatic rings. The maximum absolute atomic E-state index is 14.5. The number of azide groups is 1. The van der Waals surface area contributed by atoms with E-state index >= 15 is 0 Å². The molecular formula is C35H32BrF3N6O4. The van der Waals surface area contributed by atoms with Crippen LogP contribution in [0.4, 0.5) is 13.2 Å². The lowest BCUT2D eigenvalue weighted by Crippen LogP contribution is -2.54. The monoisotopic (exact) mass is 736 g/mol. The van der Waals surface area contributed by atoms with Crippen LogP contribution >= 0.6 is 15.9 Å². The summed E-state index contributed by atoms with van der Waals surface area (Å²) in [5.74, 6) is 0.0537. The number of nitrogens with one attached hydrogen (secondary N) is 2. The van der Waals surface area contributed by atoms with E-state index in [0.29, 0.717) is 39.9 Å². The van der Waals surface area contributed by atoms with Crippen molar-refractivity contribution in [3.63, 3.8) is 0 Å². The lowest BCUT2D eigenvalue weighted by Gasteiger charge is -2.32. The standard InChI is InChI=1S/C35H32BrF3N6O4/c36-30-13-6-3-8-24(30)20-34(33(47)44-41-22-26-10-2-5-12-29(26)35(37,38)39)31(28-11-4-1-9-25(28)21-42-45-40)49-32(43-34)23-14-16-27(17-15-23)48-19-7-18-46/h1-6,8-17,31,41,46H,7,18-22H2,(H,44,47)/t31-,34-/m0/s1. The summed E-state index contributed by atoms with van der Waals surface area (Å²) in [6, 6.07) is 26.4. The highest BCUT2D eigenvalue weighted by Gasteiger charge is 2.54. The largest absolute Gasteiger partial charge is 0.494 e. The Morgan fingerprint density at radius 2 is 1.67 bits per heavy atom. The summed E-state index contributed by atoms with van der Waals surface area (Å²) in [5, 5.41) is 12.8. The smallest absolute Gasteiger partial charge is 0.416 e. The highest BCUT2D eigenvalue weighted by atomic mass is 79.9. The summed E-state index contributed by atoms with van der Waals surface area (Å²) in [4.78, 5) is 22.4. The predicted molar refractivity (Wildman–Crippen MR) is 180 cm³/mol. The van der Waals surface area contributed by atoms with Crippen LogP contribution in [0.1, 0.15) is 45.9 Å². The molecule has 0 saturated carbocycles. The van der Waals surface area contributed by atoms with E-state index in [2.05, 4.69) is 36.8 Å². The number of hydrazine groups is 1. The maximum atomic E-state index is 14.5. The SMILES string of the molecule is [N-]=[N+]=NCc1ccccc1[C@@H]1OC(c2ccc(OCCCO)cc2)=N[C@]1(Cc1ccccc1Br)C(=O)NNCc1ccccc1C(F)(F)F. The molecular weight excluding hydrogens is 705 g/mol. The molecule has 1 aliphatic rings. The summed E-state index contributed by atoms with van der Waals surface area (Å²) in [7, 11) is 0. The van der Waals surface area contributed by atoms with Gasteiger partial charge in [-0.15, -0.1) is 0 Å². The molecule has 0 unspecified atom stereocenters. The fraction of sp³-hybridized carbons (Fsp3) is 0.257. The normalized spacial score (nSPS) is 17.1. The first-order valence-corrected chi connectivity index (χ1v) is 16.1. The van der Waals surface area contributed by atoms with Gasteiger partial charge >= 0.3 is 6.18 Å². The summed E-state index contributed by atoms with van der Waals surface area (Å²) in [5.41, 5.74) is 14.2. The van der Waals surface area contributed by atoms with Crippen LogP contribution < -0.4 is 15.6 Å². The molecule has 0 spiro atoms. The summed E-state index contributed by atoms with van der Waals surface area (Å²) < 4.78 is 54.0. The third-order valence-electron chi connectivity index (χ3n) is 7.89. The van der Waals surface area contributed by atoms with Crippen LogP contribution in [0.25, 0.3) is 10.4 Å². The number of hydrogen-bond donors (Lipinski definition) is 3. The molecule has 0 fully saturated rings. The van der Waals surface area contributed by atoms with Crippen molar-refractivity contribution in [1.29, 1.82) is 0 Å². The van der Waals surface area contributed by atoms with Crippen LogP contribution in [-0.4, -0.2) is 35.7 Å². The molecule has 14 heteroatoms. The Labute approximate surface area is 288 Å². The molecule has 5 rings (SSSR count). The van der Waals surface area contributed by atoms with Crippen molar-refractivity contribution in [3.8, 4) is 5.75 Å². The zero-order valence-electron chi connectivity index (χ0n) is 26.0. The Morgan fingerprint density at radius 1 is 1.00 bits per heavy atom. The predicted octanol–water partition coefficient (Wildman–Crippen LogP) is 7.36. The van der Waals surface area contributed by atoms with E-state index in [9.17, 15) is 18.0 Å².